The zero-order valence-corrected chi connectivity index (χ0v) is 8.12. The van der Waals surface area contributed by atoms with Crippen molar-refractivity contribution >= 4 is 33.0 Å². The molecular formula is C9H6ClFOS. The standard InChI is InChI=1S/C9H6ClFOS/c10-8-5-2-1-3-6(11)9(5)13-7(8)4-12/h1-3,12H,4H2. The van der Waals surface area contributed by atoms with Crippen LogP contribution in [0.15, 0.2) is 18.2 Å². The SMILES string of the molecule is OCc1sc2c(F)cccc2c1Cl. The fourth-order valence-corrected chi connectivity index (χ4v) is 2.55. The van der Waals surface area contributed by atoms with E-state index in [1.54, 1.807) is 12.1 Å². The summed E-state index contributed by atoms with van der Waals surface area (Å²) < 4.78 is 13.7. The molecule has 0 saturated carbocycles. The smallest absolute Gasteiger partial charge is 0.141 e. The average Bonchev–Trinajstić information content (AvgIpc) is 2.45. The van der Waals surface area contributed by atoms with Gasteiger partial charge in [0.15, 0.2) is 0 Å². The minimum atomic E-state index is -0.288. The van der Waals surface area contributed by atoms with Crippen LogP contribution in [0, 0.1) is 5.82 Å². The van der Waals surface area contributed by atoms with E-state index in [2.05, 4.69) is 0 Å². The Labute approximate surface area is 83.4 Å². The lowest BCUT2D eigenvalue weighted by Gasteiger charge is -1.90. The first-order valence-corrected chi connectivity index (χ1v) is 4.89. The first-order chi connectivity index (χ1) is 6.24. The third kappa shape index (κ3) is 1.33. The lowest BCUT2D eigenvalue weighted by molar-refractivity contribution is 0.285. The number of fused-ring (bicyclic) bond motifs is 1. The molecule has 1 heterocycles. The summed E-state index contributed by atoms with van der Waals surface area (Å²) >= 11 is 7.11. The number of hydrogen-bond donors (Lipinski definition) is 1. The molecule has 0 amide bonds. The second-order valence-corrected chi connectivity index (χ2v) is 4.10. The Bertz CT molecular complexity index is 452. The highest BCUT2D eigenvalue weighted by atomic mass is 35.5. The number of aliphatic hydroxyl groups is 1. The number of aliphatic hydroxyl groups excluding tert-OH is 1. The monoisotopic (exact) mass is 216 g/mol. The second kappa shape index (κ2) is 3.25. The van der Waals surface area contributed by atoms with Crippen LogP contribution in [-0.4, -0.2) is 5.11 Å². The minimum absolute atomic E-state index is 0.141. The normalized spacial score (nSPS) is 11.0. The van der Waals surface area contributed by atoms with E-state index in [4.69, 9.17) is 16.7 Å². The lowest BCUT2D eigenvalue weighted by Crippen LogP contribution is -1.74. The molecule has 13 heavy (non-hydrogen) atoms. The van der Waals surface area contributed by atoms with Gasteiger partial charge < -0.3 is 5.11 Å². The van der Waals surface area contributed by atoms with Crippen LogP contribution in [0.25, 0.3) is 10.1 Å². The average molecular weight is 217 g/mol. The molecule has 0 aliphatic heterocycles. The third-order valence-corrected chi connectivity index (χ3v) is 3.56. The Morgan fingerprint density at radius 1 is 1.46 bits per heavy atom. The van der Waals surface area contributed by atoms with Gasteiger partial charge in [-0.25, -0.2) is 4.39 Å². The summed E-state index contributed by atoms with van der Waals surface area (Å²) in [4.78, 5) is 0.613. The van der Waals surface area contributed by atoms with Crippen LogP contribution in [0.2, 0.25) is 5.02 Å². The number of rotatable bonds is 1. The maximum absolute atomic E-state index is 13.2. The Balaban J connectivity index is 2.83. The molecule has 0 atom stereocenters. The molecule has 1 aromatic carbocycles. The molecule has 0 aliphatic carbocycles. The van der Waals surface area contributed by atoms with Gasteiger partial charge in [0, 0.05) is 10.3 Å². The highest BCUT2D eigenvalue weighted by Crippen LogP contribution is 2.36. The first-order valence-electron chi connectivity index (χ1n) is 3.70. The van der Waals surface area contributed by atoms with Gasteiger partial charge in [-0.15, -0.1) is 11.3 Å². The van der Waals surface area contributed by atoms with Crippen molar-refractivity contribution < 1.29 is 9.50 Å². The van der Waals surface area contributed by atoms with E-state index in [-0.39, 0.29) is 12.4 Å². The zero-order chi connectivity index (χ0) is 9.42. The number of hydrogen-bond acceptors (Lipinski definition) is 2. The van der Waals surface area contributed by atoms with E-state index in [0.29, 0.717) is 20.0 Å². The van der Waals surface area contributed by atoms with Gasteiger partial charge in [0.25, 0.3) is 0 Å². The number of halogens is 2. The van der Waals surface area contributed by atoms with Gasteiger partial charge in [0.05, 0.1) is 16.3 Å². The van der Waals surface area contributed by atoms with E-state index in [0.717, 1.165) is 0 Å². The highest BCUT2D eigenvalue weighted by Gasteiger charge is 2.11. The highest BCUT2D eigenvalue weighted by molar-refractivity contribution is 7.19. The molecule has 68 valence electrons. The maximum atomic E-state index is 13.2. The van der Waals surface area contributed by atoms with Crippen molar-refractivity contribution in [1.29, 1.82) is 0 Å². The van der Waals surface area contributed by atoms with Gasteiger partial charge in [-0.1, -0.05) is 23.7 Å². The third-order valence-electron chi connectivity index (χ3n) is 1.82. The Hall–Kier alpha value is -0.640. The fourth-order valence-electron chi connectivity index (χ4n) is 1.21. The van der Waals surface area contributed by atoms with E-state index in [9.17, 15) is 4.39 Å². The molecule has 0 bridgehead atoms. The van der Waals surface area contributed by atoms with E-state index in [1.165, 1.54) is 17.4 Å². The molecule has 0 unspecified atom stereocenters. The molecule has 1 aromatic heterocycles. The Morgan fingerprint density at radius 2 is 2.23 bits per heavy atom. The molecule has 1 nitrogen and oxygen atoms in total. The minimum Gasteiger partial charge on any atom is -0.391 e. The summed E-state index contributed by atoms with van der Waals surface area (Å²) in [7, 11) is 0. The van der Waals surface area contributed by atoms with Crippen molar-refractivity contribution in [2.75, 3.05) is 0 Å². The summed E-state index contributed by atoms with van der Waals surface area (Å²) in [6, 6.07) is 4.74. The van der Waals surface area contributed by atoms with Crippen LogP contribution in [0.3, 0.4) is 0 Å². The topological polar surface area (TPSA) is 20.2 Å². The Kier molecular flexibility index (Phi) is 2.24. The zero-order valence-electron chi connectivity index (χ0n) is 6.55. The van der Waals surface area contributed by atoms with E-state index in [1.807, 2.05) is 0 Å². The summed E-state index contributed by atoms with van der Waals surface area (Å²) in [5, 5.41) is 10.1. The quantitative estimate of drug-likeness (QED) is 0.776. The maximum Gasteiger partial charge on any atom is 0.141 e. The van der Waals surface area contributed by atoms with Crippen LogP contribution < -0.4 is 0 Å². The summed E-state index contributed by atoms with van der Waals surface area (Å²) in [5.74, 6) is -0.288. The van der Waals surface area contributed by atoms with Crippen LogP contribution in [-0.2, 0) is 6.61 Å². The molecule has 1 N–H and O–H groups in total. The van der Waals surface area contributed by atoms with Gasteiger partial charge in [0.2, 0.25) is 0 Å². The van der Waals surface area contributed by atoms with Gasteiger partial charge in [0.1, 0.15) is 5.82 Å². The summed E-state index contributed by atoms with van der Waals surface area (Å²) in [6.07, 6.45) is 0. The number of thiophene rings is 1. The first kappa shape index (κ1) is 8.94. The van der Waals surface area contributed by atoms with Crippen molar-refractivity contribution in [3.05, 3.63) is 33.9 Å². The lowest BCUT2D eigenvalue weighted by atomic mass is 10.2. The van der Waals surface area contributed by atoms with Gasteiger partial charge in [-0.05, 0) is 6.07 Å². The molecular weight excluding hydrogens is 211 g/mol. The van der Waals surface area contributed by atoms with E-state index < -0.39 is 0 Å². The molecule has 0 radical (unpaired) electrons. The van der Waals surface area contributed by atoms with Crippen LogP contribution >= 0.6 is 22.9 Å². The van der Waals surface area contributed by atoms with Crippen LogP contribution in [0.1, 0.15) is 4.88 Å². The molecule has 0 saturated heterocycles. The van der Waals surface area contributed by atoms with Crippen molar-refractivity contribution in [2.24, 2.45) is 0 Å². The van der Waals surface area contributed by atoms with Crippen molar-refractivity contribution in [1.82, 2.24) is 0 Å². The second-order valence-electron chi connectivity index (χ2n) is 2.61. The number of benzene rings is 1. The van der Waals surface area contributed by atoms with Crippen molar-refractivity contribution in [2.45, 2.75) is 6.61 Å². The van der Waals surface area contributed by atoms with Crippen molar-refractivity contribution in [3.8, 4) is 0 Å². The van der Waals surface area contributed by atoms with Gasteiger partial charge in [-0.2, -0.15) is 0 Å². The molecule has 0 fully saturated rings. The van der Waals surface area contributed by atoms with Crippen LogP contribution in [0.5, 0.6) is 0 Å². The largest absolute Gasteiger partial charge is 0.391 e. The summed E-state index contributed by atoms with van der Waals surface area (Å²) in [6.45, 7) is -0.141. The molecule has 2 aromatic rings. The van der Waals surface area contributed by atoms with E-state index >= 15 is 0 Å². The fraction of sp³-hybridized carbons (Fsp3) is 0.111. The Morgan fingerprint density at radius 3 is 2.85 bits per heavy atom. The van der Waals surface area contributed by atoms with Crippen LogP contribution in [0.4, 0.5) is 4.39 Å². The molecule has 2 rings (SSSR count). The summed E-state index contributed by atoms with van der Waals surface area (Å²) in [5.41, 5.74) is 0. The van der Waals surface area contributed by atoms with Gasteiger partial charge >= 0.3 is 0 Å². The molecule has 0 aliphatic rings. The predicted molar refractivity (Wildman–Crippen MR) is 52.7 cm³/mol. The predicted octanol–water partition coefficient (Wildman–Crippen LogP) is 3.19. The van der Waals surface area contributed by atoms with Gasteiger partial charge in [-0.3, -0.25) is 0 Å². The molecule has 4 heteroatoms. The van der Waals surface area contributed by atoms with Crippen molar-refractivity contribution in [3.63, 3.8) is 0 Å². The molecule has 0 spiro atoms.